The van der Waals surface area contributed by atoms with E-state index in [1.807, 2.05) is 85.2 Å². The Morgan fingerprint density at radius 3 is 1.91 bits per heavy atom. The number of rotatable bonds is 4. The second kappa shape index (κ2) is 10.2. The molecule has 3 aromatic heterocycles. The van der Waals surface area contributed by atoms with Gasteiger partial charge in [-0.3, -0.25) is 4.98 Å². The molecule has 6 aromatic carbocycles. The molecule has 5 nitrogen and oxygen atoms in total. The lowest BCUT2D eigenvalue weighted by Crippen LogP contribution is -2.00. The Labute approximate surface area is 258 Å². The van der Waals surface area contributed by atoms with Crippen molar-refractivity contribution in [3.63, 3.8) is 0 Å². The summed E-state index contributed by atoms with van der Waals surface area (Å²) >= 11 is 0. The van der Waals surface area contributed by atoms with Gasteiger partial charge in [0.05, 0.1) is 0 Å². The van der Waals surface area contributed by atoms with Crippen molar-refractivity contribution in [1.82, 2.24) is 19.9 Å². The maximum absolute atomic E-state index is 6.33. The third-order valence-electron chi connectivity index (χ3n) is 8.39. The lowest BCUT2D eigenvalue weighted by molar-refractivity contribution is 0.669. The van der Waals surface area contributed by atoms with Gasteiger partial charge in [-0.15, -0.1) is 0 Å². The van der Waals surface area contributed by atoms with Crippen LogP contribution in [0.5, 0.6) is 0 Å². The first kappa shape index (κ1) is 25.3. The number of pyridine rings is 1. The molecule has 0 amide bonds. The van der Waals surface area contributed by atoms with Gasteiger partial charge in [-0.25, -0.2) is 15.0 Å². The average Bonchev–Trinajstić information content (AvgIpc) is 3.48. The van der Waals surface area contributed by atoms with Crippen molar-refractivity contribution in [3.8, 4) is 45.3 Å². The number of hydrogen-bond donors (Lipinski definition) is 0. The van der Waals surface area contributed by atoms with Gasteiger partial charge >= 0.3 is 0 Å². The van der Waals surface area contributed by atoms with Gasteiger partial charge in [-0.05, 0) is 57.6 Å². The minimum atomic E-state index is 0.644. The summed E-state index contributed by atoms with van der Waals surface area (Å²) in [5, 5.41) is 6.59. The molecule has 0 fully saturated rings. The summed E-state index contributed by atoms with van der Waals surface area (Å²) in [6.07, 6.45) is 3.71. The molecule has 0 N–H and O–H groups in total. The first-order valence-corrected chi connectivity index (χ1v) is 14.9. The average molecular weight is 577 g/mol. The van der Waals surface area contributed by atoms with Crippen LogP contribution in [-0.4, -0.2) is 19.9 Å². The zero-order valence-electron chi connectivity index (χ0n) is 24.1. The maximum atomic E-state index is 6.33. The van der Waals surface area contributed by atoms with Crippen LogP contribution in [0.4, 0.5) is 0 Å². The van der Waals surface area contributed by atoms with Gasteiger partial charge in [0.15, 0.2) is 17.5 Å². The number of nitrogens with zero attached hydrogens (tertiary/aromatic N) is 4. The topological polar surface area (TPSA) is 64.7 Å². The molecule has 0 aliphatic heterocycles. The Kier molecular flexibility index (Phi) is 5.74. The van der Waals surface area contributed by atoms with E-state index >= 15 is 0 Å². The molecule has 0 atom stereocenters. The van der Waals surface area contributed by atoms with Crippen LogP contribution < -0.4 is 0 Å². The highest BCUT2D eigenvalue weighted by Crippen LogP contribution is 2.40. The van der Waals surface area contributed by atoms with E-state index in [0.29, 0.717) is 17.5 Å². The van der Waals surface area contributed by atoms with Crippen LogP contribution in [-0.2, 0) is 0 Å². The van der Waals surface area contributed by atoms with E-state index < -0.39 is 0 Å². The summed E-state index contributed by atoms with van der Waals surface area (Å²) in [5.74, 6) is 1.94. The van der Waals surface area contributed by atoms with Crippen molar-refractivity contribution in [2.24, 2.45) is 0 Å². The monoisotopic (exact) mass is 576 g/mol. The van der Waals surface area contributed by atoms with Gasteiger partial charge < -0.3 is 4.42 Å². The van der Waals surface area contributed by atoms with Gasteiger partial charge in [0.2, 0.25) is 0 Å². The normalized spacial score (nSPS) is 11.6. The minimum Gasteiger partial charge on any atom is -0.456 e. The summed E-state index contributed by atoms with van der Waals surface area (Å²) < 4.78 is 6.33. The fraction of sp³-hybridized carbons (Fsp3) is 0. The molecule has 45 heavy (non-hydrogen) atoms. The second-order valence-electron chi connectivity index (χ2n) is 11.1. The quantitative estimate of drug-likeness (QED) is 0.209. The lowest BCUT2D eigenvalue weighted by atomic mass is 9.95. The predicted octanol–water partition coefficient (Wildman–Crippen LogP) is 10.1. The summed E-state index contributed by atoms with van der Waals surface area (Å²) in [5.41, 5.74) is 6.84. The molecular formula is C40H24N4O. The molecule has 210 valence electrons. The summed E-state index contributed by atoms with van der Waals surface area (Å²) in [4.78, 5) is 19.1. The Balaban J connectivity index is 1.22. The van der Waals surface area contributed by atoms with Crippen LogP contribution in [0, 0.1) is 0 Å². The largest absolute Gasteiger partial charge is 0.456 e. The number of furan rings is 1. The van der Waals surface area contributed by atoms with E-state index in [0.717, 1.165) is 71.3 Å². The number of benzene rings is 6. The van der Waals surface area contributed by atoms with Crippen molar-refractivity contribution >= 4 is 43.5 Å². The van der Waals surface area contributed by atoms with Crippen LogP contribution in [0.25, 0.3) is 88.8 Å². The van der Waals surface area contributed by atoms with E-state index in [9.17, 15) is 0 Å². The Morgan fingerprint density at radius 1 is 0.422 bits per heavy atom. The summed E-state index contributed by atoms with van der Waals surface area (Å²) in [7, 11) is 0. The smallest absolute Gasteiger partial charge is 0.164 e. The number of hydrogen-bond acceptors (Lipinski definition) is 5. The van der Waals surface area contributed by atoms with Gasteiger partial charge in [0.25, 0.3) is 0 Å². The highest BCUT2D eigenvalue weighted by atomic mass is 16.3. The second-order valence-corrected chi connectivity index (χ2v) is 11.1. The Hall–Kier alpha value is -6.20. The van der Waals surface area contributed by atoms with E-state index in [1.54, 1.807) is 0 Å². The number of aromatic nitrogens is 4. The van der Waals surface area contributed by atoms with Crippen LogP contribution in [0.3, 0.4) is 0 Å². The molecule has 9 aromatic rings. The fourth-order valence-corrected chi connectivity index (χ4v) is 6.22. The zero-order chi connectivity index (χ0) is 29.7. The van der Waals surface area contributed by atoms with Gasteiger partial charge in [-0.2, -0.15) is 0 Å². The SMILES string of the molecule is c1ccc(-c2nc(-c3ccccc3)nc(-c3cccc4cc(-c5cccc6oc7cc8cnccc8cc7c56)ccc34)n2)cc1. The van der Waals surface area contributed by atoms with E-state index in [1.165, 1.54) is 0 Å². The molecule has 0 radical (unpaired) electrons. The first-order valence-electron chi connectivity index (χ1n) is 14.9. The molecule has 0 unspecified atom stereocenters. The van der Waals surface area contributed by atoms with Gasteiger partial charge in [0.1, 0.15) is 11.2 Å². The Morgan fingerprint density at radius 2 is 1.13 bits per heavy atom. The molecule has 0 aliphatic carbocycles. The van der Waals surface area contributed by atoms with E-state index in [2.05, 4.69) is 65.6 Å². The maximum Gasteiger partial charge on any atom is 0.164 e. The van der Waals surface area contributed by atoms with Gasteiger partial charge in [-0.1, -0.05) is 103 Å². The standard InChI is InChI=1S/C40H24N4O/c1-3-9-25(10-4-1)38-42-39(26-11-5-2-6-12-26)44-40(43-38)33-15-7-13-28-21-29(17-18-31(28)33)32-14-8-16-35-37(32)34-22-27-19-20-41-24-30(27)23-36(34)45-35/h1-24H. The van der Waals surface area contributed by atoms with Crippen LogP contribution in [0.2, 0.25) is 0 Å². The molecule has 0 saturated heterocycles. The molecule has 0 aliphatic rings. The van der Waals surface area contributed by atoms with Crippen molar-refractivity contribution in [2.45, 2.75) is 0 Å². The molecule has 0 bridgehead atoms. The molecular weight excluding hydrogens is 552 g/mol. The fourth-order valence-electron chi connectivity index (χ4n) is 6.22. The van der Waals surface area contributed by atoms with Gasteiger partial charge in [0, 0.05) is 45.2 Å². The predicted molar refractivity (Wildman–Crippen MR) is 182 cm³/mol. The summed E-state index contributed by atoms with van der Waals surface area (Å²) in [6, 6.07) is 45.6. The highest BCUT2D eigenvalue weighted by Gasteiger charge is 2.17. The first-order chi connectivity index (χ1) is 22.3. The van der Waals surface area contributed by atoms with Crippen molar-refractivity contribution in [1.29, 1.82) is 0 Å². The van der Waals surface area contributed by atoms with Crippen molar-refractivity contribution in [3.05, 3.63) is 146 Å². The lowest BCUT2D eigenvalue weighted by Gasteiger charge is -2.11. The van der Waals surface area contributed by atoms with E-state index in [4.69, 9.17) is 19.4 Å². The van der Waals surface area contributed by atoms with Crippen molar-refractivity contribution in [2.75, 3.05) is 0 Å². The third-order valence-corrected chi connectivity index (χ3v) is 8.39. The Bertz CT molecular complexity index is 2480. The third kappa shape index (κ3) is 4.33. The van der Waals surface area contributed by atoms with Crippen LogP contribution in [0.15, 0.2) is 150 Å². The van der Waals surface area contributed by atoms with Crippen LogP contribution >= 0.6 is 0 Å². The molecule has 9 rings (SSSR count). The molecule has 0 spiro atoms. The van der Waals surface area contributed by atoms with Crippen molar-refractivity contribution < 1.29 is 4.42 Å². The van der Waals surface area contributed by atoms with E-state index in [-0.39, 0.29) is 0 Å². The number of fused-ring (bicyclic) bond motifs is 5. The highest BCUT2D eigenvalue weighted by molar-refractivity contribution is 6.16. The zero-order valence-corrected chi connectivity index (χ0v) is 24.1. The molecule has 5 heteroatoms. The van der Waals surface area contributed by atoms with Crippen LogP contribution in [0.1, 0.15) is 0 Å². The minimum absolute atomic E-state index is 0.644. The molecule has 0 saturated carbocycles. The summed E-state index contributed by atoms with van der Waals surface area (Å²) in [6.45, 7) is 0. The molecule has 3 heterocycles.